The molecule has 2 aromatic carbocycles. The summed E-state index contributed by atoms with van der Waals surface area (Å²) in [5, 5.41) is -1.11. The van der Waals surface area contributed by atoms with Gasteiger partial charge in [-0.3, -0.25) is 9.59 Å². The summed E-state index contributed by atoms with van der Waals surface area (Å²) in [4.78, 5) is 23.7. The molecule has 0 saturated carbocycles. The molecule has 8 heteroatoms. The molecule has 0 aliphatic rings. The number of hydrogen-bond acceptors (Lipinski definition) is 6. The van der Waals surface area contributed by atoms with Crippen LogP contribution in [-0.4, -0.2) is 10.5 Å². The van der Waals surface area contributed by atoms with Gasteiger partial charge in [0.05, 0.1) is 0 Å². The zero-order chi connectivity index (χ0) is 16.3. The second-order valence-electron chi connectivity index (χ2n) is 4.22. The number of rotatable bonds is 5. The molecular weight excluding hydrogens is 363 g/mol. The van der Waals surface area contributed by atoms with Gasteiger partial charge in [0.15, 0.2) is 0 Å². The summed E-state index contributed by atoms with van der Waals surface area (Å²) in [6.07, 6.45) is 0. The van der Waals surface area contributed by atoms with Crippen molar-refractivity contribution < 1.29 is 9.59 Å². The molecular formula is C14H10Cl2N2O2S2. The topological polar surface area (TPSA) is 86.2 Å². The van der Waals surface area contributed by atoms with Crippen molar-refractivity contribution in [3.8, 4) is 0 Å². The van der Waals surface area contributed by atoms with Gasteiger partial charge in [-0.05, 0) is 59.6 Å². The van der Waals surface area contributed by atoms with E-state index in [4.69, 9.17) is 34.7 Å². The van der Waals surface area contributed by atoms with Crippen molar-refractivity contribution >= 4 is 66.6 Å². The fourth-order valence-electron chi connectivity index (χ4n) is 1.58. The van der Waals surface area contributed by atoms with Crippen LogP contribution < -0.4 is 11.5 Å². The Morgan fingerprint density at radius 2 is 1.14 bits per heavy atom. The maximum atomic E-state index is 11.1. The van der Waals surface area contributed by atoms with Crippen molar-refractivity contribution in [2.75, 3.05) is 11.5 Å². The van der Waals surface area contributed by atoms with Crippen LogP contribution in [0.15, 0.2) is 46.2 Å². The summed E-state index contributed by atoms with van der Waals surface area (Å²) >= 11 is 10.8. The monoisotopic (exact) mass is 372 g/mol. The van der Waals surface area contributed by atoms with Crippen molar-refractivity contribution in [1.29, 1.82) is 0 Å². The van der Waals surface area contributed by atoms with E-state index in [2.05, 4.69) is 0 Å². The third kappa shape index (κ3) is 4.10. The van der Waals surface area contributed by atoms with Gasteiger partial charge in [-0.1, -0.05) is 21.6 Å². The quantitative estimate of drug-likeness (QED) is 0.459. The summed E-state index contributed by atoms with van der Waals surface area (Å²) in [6.45, 7) is 0. The molecule has 0 bridgehead atoms. The molecule has 0 amide bonds. The normalized spacial score (nSPS) is 10.5. The van der Waals surface area contributed by atoms with Gasteiger partial charge in [-0.2, -0.15) is 0 Å². The van der Waals surface area contributed by atoms with E-state index < -0.39 is 10.5 Å². The first kappa shape index (κ1) is 17.0. The van der Waals surface area contributed by atoms with Crippen LogP contribution >= 0.6 is 44.8 Å². The molecule has 0 atom stereocenters. The minimum Gasteiger partial charge on any atom is -0.398 e. The van der Waals surface area contributed by atoms with Gasteiger partial charge in [0.1, 0.15) is 0 Å². The molecule has 0 radical (unpaired) electrons. The molecule has 2 rings (SSSR count). The van der Waals surface area contributed by atoms with E-state index in [-0.39, 0.29) is 0 Å². The van der Waals surface area contributed by atoms with E-state index in [9.17, 15) is 9.59 Å². The molecule has 0 fully saturated rings. The molecule has 0 unspecified atom stereocenters. The van der Waals surface area contributed by atoms with E-state index in [1.807, 2.05) is 0 Å². The Bertz CT molecular complexity index is 690. The van der Waals surface area contributed by atoms with E-state index in [0.717, 1.165) is 9.79 Å². The Morgan fingerprint density at radius 3 is 1.41 bits per heavy atom. The lowest BCUT2D eigenvalue weighted by Crippen LogP contribution is -1.95. The Hall–Kier alpha value is -1.34. The van der Waals surface area contributed by atoms with Crippen molar-refractivity contribution in [1.82, 2.24) is 0 Å². The van der Waals surface area contributed by atoms with E-state index in [0.29, 0.717) is 22.5 Å². The lowest BCUT2D eigenvalue weighted by atomic mass is 10.2. The first-order chi connectivity index (χ1) is 10.4. The van der Waals surface area contributed by atoms with Crippen molar-refractivity contribution in [3.63, 3.8) is 0 Å². The van der Waals surface area contributed by atoms with Crippen LogP contribution in [0.25, 0.3) is 0 Å². The van der Waals surface area contributed by atoms with Crippen LogP contribution in [0, 0.1) is 0 Å². The average molecular weight is 373 g/mol. The number of nitrogen functional groups attached to an aromatic ring is 2. The van der Waals surface area contributed by atoms with Gasteiger partial charge < -0.3 is 11.5 Å². The Morgan fingerprint density at radius 1 is 0.773 bits per heavy atom. The highest BCUT2D eigenvalue weighted by atomic mass is 35.5. The van der Waals surface area contributed by atoms with Gasteiger partial charge in [0, 0.05) is 32.3 Å². The molecule has 4 N–H and O–H groups in total. The average Bonchev–Trinajstić information content (AvgIpc) is 2.46. The molecule has 0 saturated heterocycles. The van der Waals surface area contributed by atoms with E-state index in [1.54, 1.807) is 24.3 Å². The Kier molecular flexibility index (Phi) is 5.63. The number of carbonyl (C=O) groups excluding carboxylic acids is 2. The fourth-order valence-corrected chi connectivity index (χ4v) is 4.00. The maximum Gasteiger partial charge on any atom is 0.252 e. The summed E-state index contributed by atoms with van der Waals surface area (Å²) in [7, 11) is 2.78. The molecule has 0 aromatic heterocycles. The standard InChI is InChI=1S/C14H10Cl2N2O2S2/c15-13(19)7-1-3-11(9(17)5-7)21-22-12-4-2-8(14(16)20)6-10(12)18/h1-6H,17-18H2. The first-order valence-electron chi connectivity index (χ1n) is 5.91. The van der Waals surface area contributed by atoms with Crippen LogP contribution in [0.4, 0.5) is 11.4 Å². The maximum absolute atomic E-state index is 11.1. The highest BCUT2D eigenvalue weighted by molar-refractivity contribution is 8.76. The van der Waals surface area contributed by atoms with Crippen molar-refractivity contribution in [2.24, 2.45) is 0 Å². The summed E-state index contributed by atoms with van der Waals surface area (Å²) in [6, 6.07) is 9.69. The number of benzene rings is 2. The predicted molar refractivity (Wildman–Crippen MR) is 93.8 cm³/mol. The largest absolute Gasteiger partial charge is 0.398 e. The SMILES string of the molecule is Nc1cc(C(=O)Cl)ccc1SSc1ccc(C(=O)Cl)cc1N. The van der Waals surface area contributed by atoms with Crippen LogP contribution in [0.3, 0.4) is 0 Å². The molecule has 22 heavy (non-hydrogen) atoms. The highest BCUT2D eigenvalue weighted by Crippen LogP contribution is 2.42. The molecule has 0 spiro atoms. The first-order valence-corrected chi connectivity index (χ1v) is 8.82. The van der Waals surface area contributed by atoms with Crippen LogP contribution in [0.2, 0.25) is 0 Å². The smallest absolute Gasteiger partial charge is 0.252 e. The minimum absolute atomic E-state index is 0.345. The van der Waals surface area contributed by atoms with Crippen molar-refractivity contribution in [3.05, 3.63) is 47.5 Å². The summed E-state index contributed by atoms with van der Waals surface area (Å²) in [5.74, 6) is 0. The number of halogens is 2. The van der Waals surface area contributed by atoms with E-state index in [1.165, 1.54) is 33.7 Å². The third-order valence-electron chi connectivity index (χ3n) is 2.69. The van der Waals surface area contributed by atoms with Gasteiger partial charge in [0.2, 0.25) is 0 Å². The fraction of sp³-hybridized carbons (Fsp3) is 0. The zero-order valence-electron chi connectivity index (χ0n) is 11.0. The minimum atomic E-state index is -0.554. The number of hydrogen-bond donors (Lipinski definition) is 2. The number of nitrogens with two attached hydrogens (primary N) is 2. The van der Waals surface area contributed by atoms with Crippen LogP contribution in [-0.2, 0) is 0 Å². The Balaban J connectivity index is 2.13. The third-order valence-corrected chi connectivity index (χ3v) is 5.64. The van der Waals surface area contributed by atoms with E-state index >= 15 is 0 Å². The van der Waals surface area contributed by atoms with Crippen LogP contribution in [0.1, 0.15) is 20.7 Å². The second-order valence-corrected chi connectivity index (χ2v) is 7.12. The van der Waals surface area contributed by atoms with Crippen LogP contribution in [0.5, 0.6) is 0 Å². The number of anilines is 2. The lowest BCUT2D eigenvalue weighted by Gasteiger charge is -2.08. The number of carbonyl (C=O) groups is 2. The molecule has 114 valence electrons. The Labute approximate surface area is 144 Å². The summed E-state index contributed by atoms with van der Waals surface area (Å²) < 4.78 is 0. The molecule has 0 aliphatic heterocycles. The van der Waals surface area contributed by atoms with Gasteiger partial charge >= 0.3 is 0 Å². The van der Waals surface area contributed by atoms with Gasteiger partial charge in [-0.25, -0.2) is 0 Å². The molecule has 2 aromatic rings. The molecule has 0 aliphatic carbocycles. The molecule has 4 nitrogen and oxygen atoms in total. The summed E-state index contributed by atoms with van der Waals surface area (Å²) in [5.41, 5.74) is 13.4. The van der Waals surface area contributed by atoms with Crippen molar-refractivity contribution in [2.45, 2.75) is 9.79 Å². The lowest BCUT2D eigenvalue weighted by molar-refractivity contribution is 0.107. The molecule has 0 heterocycles. The zero-order valence-corrected chi connectivity index (χ0v) is 14.2. The highest BCUT2D eigenvalue weighted by Gasteiger charge is 2.10. The second kappa shape index (κ2) is 7.28. The van der Waals surface area contributed by atoms with Gasteiger partial charge in [-0.15, -0.1) is 0 Å². The predicted octanol–water partition coefficient (Wildman–Crippen LogP) is 4.41. The van der Waals surface area contributed by atoms with Gasteiger partial charge in [0.25, 0.3) is 10.5 Å².